The number of benzene rings is 2. The normalized spacial score (nSPS) is 15.9. The highest BCUT2D eigenvalue weighted by Crippen LogP contribution is 2.31. The highest BCUT2D eigenvalue weighted by atomic mass is 35.5. The van der Waals surface area contributed by atoms with Crippen LogP contribution in [0.15, 0.2) is 69.6 Å². The van der Waals surface area contributed by atoms with Crippen LogP contribution in [0.25, 0.3) is 17.0 Å². The minimum atomic E-state index is -0.654. The van der Waals surface area contributed by atoms with E-state index in [-0.39, 0.29) is 12.2 Å². The molecule has 3 heterocycles. The molecule has 35 heavy (non-hydrogen) atoms. The lowest BCUT2D eigenvalue weighted by Gasteiger charge is -2.24. The molecule has 0 unspecified atom stereocenters. The molecule has 0 amide bonds. The van der Waals surface area contributed by atoms with Gasteiger partial charge in [-0.3, -0.25) is 9.36 Å². The van der Waals surface area contributed by atoms with Crippen LogP contribution in [-0.4, -0.2) is 21.7 Å². The second-order valence-corrected chi connectivity index (χ2v) is 9.87. The summed E-state index contributed by atoms with van der Waals surface area (Å²) in [5.41, 5.74) is 4.62. The van der Waals surface area contributed by atoms with Gasteiger partial charge in [-0.2, -0.15) is 0 Å². The Morgan fingerprint density at radius 1 is 1.17 bits per heavy atom. The van der Waals surface area contributed by atoms with Crippen LogP contribution in [0.5, 0.6) is 0 Å². The van der Waals surface area contributed by atoms with Crippen LogP contribution in [0.2, 0.25) is 5.02 Å². The molecule has 2 aromatic carbocycles. The van der Waals surface area contributed by atoms with Crippen LogP contribution in [0.1, 0.15) is 36.7 Å². The van der Waals surface area contributed by atoms with Crippen LogP contribution in [-0.2, 0) is 16.6 Å². The van der Waals surface area contributed by atoms with Gasteiger partial charge in [-0.15, -0.1) is 0 Å². The van der Waals surface area contributed by atoms with Gasteiger partial charge in [-0.1, -0.05) is 53.3 Å². The Morgan fingerprint density at radius 2 is 1.89 bits per heavy atom. The van der Waals surface area contributed by atoms with E-state index in [1.165, 1.54) is 11.3 Å². The first-order valence-electron chi connectivity index (χ1n) is 11.3. The van der Waals surface area contributed by atoms with Crippen molar-refractivity contribution >= 4 is 45.9 Å². The third-order valence-electron chi connectivity index (χ3n) is 6.43. The molecule has 1 aliphatic heterocycles. The fourth-order valence-corrected chi connectivity index (χ4v) is 5.77. The summed E-state index contributed by atoms with van der Waals surface area (Å²) in [6.45, 7) is 5.81. The molecule has 5 rings (SSSR count). The Balaban J connectivity index is 1.77. The first-order valence-corrected chi connectivity index (χ1v) is 12.5. The van der Waals surface area contributed by atoms with Crippen LogP contribution in [0, 0.1) is 6.92 Å². The van der Waals surface area contributed by atoms with Crippen molar-refractivity contribution in [3.05, 3.63) is 101 Å². The van der Waals surface area contributed by atoms with E-state index in [1.54, 1.807) is 30.5 Å². The number of carbonyl (C=O) groups excluding carboxylic acids is 1. The van der Waals surface area contributed by atoms with Crippen LogP contribution in [0.3, 0.4) is 0 Å². The van der Waals surface area contributed by atoms with Crippen LogP contribution < -0.4 is 14.9 Å². The Labute approximate surface area is 211 Å². The Hall–Kier alpha value is -3.42. The van der Waals surface area contributed by atoms with E-state index in [1.807, 2.05) is 44.3 Å². The average molecular weight is 506 g/mol. The molecule has 6 nitrogen and oxygen atoms in total. The Kier molecular flexibility index (Phi) is 5.99. The van der Waals surface area contributed by atoms with E-state index in [9.17, 15) is 9.59 Å². The molecule has 0 aliphatic carbocycles. The van der Waals surface area contributed by atoms with Gasteiger partial charge in [0.1, 0.15) is 0 Å². The number of rotatable bonds is 4. The number of allylic oxidation sites excluding steroid dienone is 1. The number of halogens is 1. The molecule has 0 radical (unpaired) electrons. The molecule has 178 valence electrons. The molecule has 0 spiro atoms. The van der Waals surface area contributed by atoms with Gasteiger partial charge in [0.25, 0.3) is 5.56 Å². The number of ether oxygens (including phenoxy) is 1. The molecule has 8 heteroatoms. The summed E-state index contributed by atoms with van der Waals surface area (Å²) in [5.74, 6) is -0.479. The maximum absolute atomic E-state index is 13.8. The zero-order valence-corrected chi connectivity index (χ0v) is 21.4. The second-order valence-electron chi connectivity index (χ2n) is 8.43. The van der Waals surface area contributed by atoms with Crippen molar-refractivity contribution in [1.82, 2.24) is 9.13 Å². The fraction of sp³-hybridized carbons (Fsp3) is 0.222. The van der Waals surface area contributed by atoms with Crippen molar-refractivity contribution in [2.24, 2.45) is 12.0 Å². The molecule has 0 bridgehead atoms. The van der Waals surface area contributed by atoms with Gasteiger partial charge in [-0.25, -0.2) is 9.79 Å². The lowest BCUT2D eigenvalue weighted by molar-refractivity contribution is -0.139. The second kappa shape index (κ2) is 8.98. The van der Waals surface area contributed by atoms with E-state index in [2.05, 4.69) is 21.7 Å². The van der Waals surface area contributed by atoms with Crippen molar-refractivity contribution in [2.45, 2.75) is 26.8 Å². The molecule has 1 aliphatic rings. The number of hydrogen-bond donors (Lipinski definition) is 0. The summed E-state index contributed by atoms with van der Waals surface area (Å²) >= 11 is 7.45. The maximum atomic E-state index is 13.8. The number of aryl methyl sites for hydroxylation is 1. The zero-order valence-electron chi connectivity index (χ0n) is 19.8. The minimum absolute atomic E-state index is 0.199. The van der Waals surface area contributed by atoms with E-state index in [0.29, 0.717) is 25.6 Å². The van der Waals surface area contributed by atoms with Gasteiger partial charge in [0.05, 0.1) is 28.5 Å². The van der Waals surface area contributed by atoms with Gasteiger partial charge >= 0.3 is 5.97 Å². The van der Waals surface area contributed by atoms with Crippen molar-refractivity contribution in [3.8, 4) is 0 Å². The number of para-hydroxylation sites is 1. The minimum Gasteiger partial charge on any atom is -0.463 e. The molecular weight excluding hydrogens is 482 g/mol. The fourth-order valence-electron chi connectivity index (χ4n) is 4.62. The molecule has 4 aromatic rings. The molecular formula is C27H24ClN3O3S. The SMILES string of the molecule is CCOC(=O)C1=C(C)N=c2s/c(=C\c3c(C)n(C)c4ccccc34)c(=O)n2[C@H]1c1ccc(Cl)cc1. The van der Waals surface area contributed by atoms with Crippen LogP contribution >= 0.6 is 22.9 Å². The summed E-state index contributed by atoms with van der Waals surface area (Å²) in [4.78, 5) is 32.0. The van der Waals surface area contributed by atoms with E-state index < -0.39 is 12.0 Å². The highest BCUT2D eigenvalue weighted by molar-refractivity contribution is 7.07. The van der Waals surface area contributed by atoms with E-state index in [0.717, 1.165) is 27.7 Å². The molecule has 0 saturated carbocycles. The number of thiazole rings is 1. The third kappa shape index (κ3) is 3.85. The number of hydrogen-bond acceptors (Lipinski definition) is 5. The maximum Gasteiger partial charge on any atom is 0.338 e. The number of carbonyl (C=O) groups is 1. The van der Waals surface area contributed by atoms with Gasteiger partial charge in [0, 0.05) is 34.2 Å². The summed E-state index contributed by atoms with van der Waals surface area (Å²) in [5, 5.41) is 1.65. The largest absolute Gasteiger partial charge is 0.463 e. The summed E-state index contributed by atoms with van der Waals surface area (Å²) in [7, 11) is 2.02. The highest BCUT2D eigenvalue weighted by Gasteiger charge is 2.33. The average Bonchev–Trinajstić information content (AvgIpc) is 3.27. The predicted octanol–water partition coefficient (Wildman–Crippen LogP) is 4.25. The van der Waals surface area contributed by atoms with Gasteiger partial charge in [0.15, 0.2) is 4.80 Å². The topological polar surface area (TPSA) is 65.6 Å². The smallest absolute Gasteiger partial charge is 0.338 e. The first kappa shape index (κ1) is 23.3. The Morgan fingerprint density at radius 3 is 2.60 bits per heavy atom. The van der Waals surface area contributed by atoms with Crippen molar-refractivity contribution < 1.29 is 9.53 Å². The van der Waals surface area contributed by atoms with Gasteiger partial charge in [0.2, 0.25) is 0 Å². The lowest BCUT2D eigenvalue weighted by Crippen LogP contribution is -2.39. The van der Waals surface area contributed by atoms with Crippen molar-refractivity contribution in [3.63, 3.8) is 0 Å². The number of fused-ring (bicyclic) bond motifs is 2. The molecule has 0 N–H and O–H groups in total. The van der Waals surface area contributed by atoms with Gasteiger partial charge in [-0.05, 0) is 50.6 Å². The number of esters is 1. The molecule has 1 atom stereocenters. The number of nitrogens with zero attached hydrogens (tertiary/aromatic N) is 3. The molecule has 0 fully saturated rings. The zero-order chi connectivity index (χ0) is 24.9. The summed E-state index contributed by atoms with van der Waals surface area (Å²) in [6.07, 6.45) is 1.93. The Bertz CT molecular complexity index is 1690. The van der Waals surface area contributed by atoms with Crippen LogP contribution in [0.4, 0.5) is 0 Å². The van der Waals surface area contributed by atoms with E-state index >= 15 is 0 Å². The monoisotopic (exact) mass is 505 g/mol. The molecule has 0 saturated heterocycles. The number of aromatic nitrogens is 2. The first-order chi connectivity index (χ1) is 16.8. The standard InChI is InChI=1S/C27H24ClN3O3S/c1-5-34-26(33)23-15(2)29-27-31(24(23)17-10-12-18(28)13-11-17)25(32)22(35-27)14-20-16(3)30(4)21-9-7-6-8-19(20)21/h6-14,24H,5H2,1-4H3/b22-14-/t24-/m0/s1. The van der Waals surface area contributed by atoms with E-state index in [4.69, 9.17) is 16.3 Å². The predicted molar refractivity (Wildman–Crippen MR) is 140 cm³/mol. The summed E-state index contributed by atoms with van der Waals surface area (Å²) < 4.78 is 9.62. The third-order valence-corrected chi connectivity index (χ3v) is 7.66. The van der Waals surface area contributed by atoms with Crippen molar-refractivity contribution in [2.75, 3.05) is 6.61 Å². The molecule has 2 aromatic heterocycles. The lowest BCUT2D eigenvalue weighted by atomic mass is 9.96. The van der Waals surface area contributed by atoms with Crippen molar-refractivity contribution in [1.29, 1.82) is 0 Å². The van der Waals surface area contributed by atoms with Gasteiger partial charge < -0.3 is 9.30 Å². The summed E-state index contributed by atoms with van der Waals surface area (Å²) in [6, 6.07) is 14.6. The quantitative estimate of drug-likeness (QED) is 0.389.